The predicted octanol–water partition coefficient (Wildman–Crippen LogP) is 3.46. The topological polar surface area (TPSA) is 101 Å². The number of aliphatic hydroxyl groups is 2. The summed E-state index contributed by atoms with van der Waals surface area (Å²) >= 11 is 0. The smallest absolute Gasteiger partial charge is 0.334 e. The molecule has 6 heteroatoms. The van der Waals surface area contributed by atoms with Crippen molar-refractivity contribution in [3.63, 3.8) is 0 Å². The third-order valence-electron chi connectivity index (χ3n) is 10.6. The molecule has 34 heavy (non-hydrogen) atoms. The second-order valence-corrected chi connectivity index (χ2v) is 12.0. The number of hydrogen-bond donors (Lipinski definition) is 2. The average molecular weight is 469 g/mol. The number of rotatable bonds is 2. The minimum absolute atomic E-state index is 0.0582. The summed E-state index contributed by atoms with van der Waals surface area (Å²) in [5, 5.41) is 23.1. The molecule has 0 aromatic carbocycles. The lowest BCUT2D eigenvalue weighted by molar-refractivity contribution is -0.184. The molecule has 1 heterocycles. The van der Waals surface area contributed by atoms with Gasteiger partial charge in [0, 0.05) is 17.6 Å². The molecule has 184 valence electrons. The Hall–Kier alpha value is -2.05. The van der Waals surface area contributed by atoms with Gasteiger partial charge in [0.2, 0.25) is 0 Å². The van der Waals surface area contributed by atoms with Crippen LogP contribution in [0.1, 0.15) is 66.7 Å². The van der Waals surface area contributed by atoms with Gasteiger partial charge in [-0.3, -0.25) is 9.59 Å². The molecule has 0 aromatic rings. The summed E-state index contributed by atoms with van der Waals surface area (Å²) in [7, 11) is 0. The van der Waals surface area contributed by atoms with Gasteiger partial charge in [0.1, 0.15) is 11.7 Å². The molecule has 5 aliphatic rings. The molecular formula is C28H36O6. The van der Waals surface area contributed by atoms with Crippen LogP contribution in [0.3, 0.4) is 0 Å². The van der Waals surface area contributed by atoms with Crippen LogP contribution < -0.4 is 0 Å². The average Bonchev–Trinajstić information content (AvgIpc) is 3.14. The molecule has 2 fully saturated rings. The summed E-state index contributed by atoms with van der Waals surface area (Å²) in [6.45, 7) is 9.55. The third-order valence-corrected chi connectivity index (χ3v) is 10.6. The van der Waals surface area contributed by atoms with Crippen molar-refractivity contribution < 1.29 is 29.3 Å². The van der Waals surface area contributed by atoms with Gasteiger partial charge in [-0.05, 0) is 101 Å². The van der Waals surface area contributed by atoms with Gasteiger partial charge in [0.15, 0.2) is 11.6 Å². The number of cyclic esters (lactones) is 1. The van der Waals surface area contributed by atoms with Gasteiger partial charge in [0.05, 0.1) is 11.5 Å². The molecule has 0 bridgehead atoms. The number of carbonyl (C=O) groups is 3. The van der Waals surface area contributed by atoms with E-state index in [0.29, 0.717) is 24.0 Å². The number of carbonyl (C=O) groups excluding carboxylic acids is 3. The van der Waals surface area contributed by atoms with Gasteiger partial charge in [-0.25, -0.2) is 4.79 Å². The first-order valence-corrected chi connectivity index (χ1v) is 12.6. The highest BCUT2D eigenvalue weighted by Gasteiger charge is 2.65. The maximum Gasteiger partial charge on any atom is 0.334 e. The highest BCUT2D eigenvalue weighted by atomic mass is 16.6. The normalized spacial score (nSPS) is 45.7. The first-order valence-electron chi connectivity index (χ1n) is 12.6. The van der Waals surface area contributed by atoms with E-state index >= 15 is 0 Å². The van der Waals surface area contributed by atoms with Crippen LogP contribution in [0.2, 0.25) is 0 Å². The van der Waals surface area contributed by atoms with Crippen molar-refractivity contribution in [2.24, 2.45) is 34.5 Å². The van der Waals surface area contributed by atoms with Crippen LogP contribution >= 0.6 is 0 Å². The molecule has 9 atom stereocenters. The van der Waals surface area contributed by atoms with Crippen molar-refractivity contribution in [2.75, 3.05) is 0 Å². The van der Waals surface area contributed by atoms with E-state index in [1.807, 2.05) is 13.8 Å². The van der Waals surface area contributed by atoms with E-state index in [-0.39, 0.29) is 46.6 Å². The van der Waals surface area contributed by atoms with E-state index in [2.05, 4.69) is 6.92 Å². The first kappa shape index (κ1) is 23.7. The fourth-order valence-corrected chi connectivity index (χ4v) is 8.44. The minimum atomic E-state index is -1.21. The number of hydrogen-bond acceptors (Lipinski definition) is 6. The number of ketones is 2. The maximum atomic E-state index is 13.1. The van der Waals surface area contributed by atoms with Gasteiger partial charge in [-0.15, -0.1) is 0 Å². The molecule has 0 radical (unpaired) electrons. The van der Waals surface area contributed by atoms with Crippen LogP contribution in [-0.4, -0.2) is 45.6 Å². The SMILES string of the molecule is CC1=C(C)C(=O)O[C@@H]([C@](C)(O)[C@H]2CC[C@H]3[C@@H]4[C@H](O)C=C5C(=O)C=CC(=O)[C@@]5(C)[C@H]4CC[C@]23C)C1. The zero-order chi connectivity index (χ0) is 24.8. The number of allylic oxidation sites excluding steroid dienone is 3. The van der Waals surface area contributed by atoms with Gasteiger partial charge >= 0.3 is 5.97 Å². The summed E-state index contributed by atoms with van der Waals surface area (Å²) < 4.78 is 5.72. The first-order chi connectivity index (χ1) is 15.8. The van der Waals surface area contributed by atoms with Crippen LogP contribution in [0.5, 0.6) is 0 Å². The van der Waals surface area contributed by atoms with Crippen molar-refractivity contribution in [1.82, 2.24) is 0 Å². The molecule has 0 aromatic heterocycles. The summed E-state index contributed by atoms with van der Waals surface area (Å²) in [6.07, 6.45) is 6.53. The van der Waals surface area contributed by atoms with Crippen LogP contribution in [0.25, 0.3) is 0 Å². The van der Waals surface area contributed by atoms with Crippen LogP contribution in [0, 0.1) is 34.5 Å². The van der Waals surface area contributed by atoms with E-state index in [1.54, 1.807) is 19.9 Å². The van der Waals surface area contributed by atoms with Crippen LogP contribution in [0.15, 0.2) is 34.9 Å². The van der Waals surface area contributed by atoms with Crippen LogP contribution in [-0.2, 0) is 19.1 Å². The summed E-state index contributed by atoms with van der Waals surface area (Å²) in [4.78, 5) is 38.1. The lowest BCUT2D eigenvalue weighted by Crippen LogP contribution is -2.59. The highest BCUT2D eigenvalue weighted by molar-refractivity contribution is 6.18. The summed E-state index contributed by atoms with van der Waals surface area (Å²) in [6, 6.07) is 0. The molecular weight excluding hydrogens is 432 g/mol. The van der Waals surface area contributed by atoms with Crippen molar-refractivity contribution in [3.05, 3.63) is 34.9 Å². The predicted molar refractivity (Wildman–Crippen MR) is 125 cm³/mol. The largest absolute Gasteiger partial charge is 0.456 e. The Kier molecular flexibility index (Phi) is 5.21. The maximum absolute atomic E-state index is 13.1. The second-order valence-electron chi connectivity index (χ2n) is 12.0. The van der Waals surface area contributed by atoms with Crippen molar-refractivity contribution >= 4 is 17.5 Å². The van der Waals surface area contributed by atoms with E-state index in [0.717, 1.165) is 24.8 Å². The third kappa shape index (κ3) is 2.97. The number of aliphatic hydroxyl groups excluding tert-OH is 1. The molecule has 0 spiro atoms. The Morgan fingerprint density at radius 3 is 2.44 bits per heavy atom. The zero-order valence-corrected chi connectivity index (χ0v) is 20.8. The van der Waals surface area contributed by atoms with Gasteiger partial charge < -0.3 is 14.9 Å². The zero-order valence-electron chi connectivity index (χ0n) is 20.8. The summed E-state index contributed by atoms with van der Waals surface area (Å²) in [5.41, 5.74) is -0.391. The van der Waals surface area contributed by atoms with Gasteiger partial charge in [-0.1, -0.05) is 12.5 Å². The fourth-order valence-electron chi connectivity index (χ4n) is 8.44. The van der Waals surface area contributed by atoms with E-state index in [9.17, 15) is 24.6 Å². The Bertz CT molecular complexity index is 1060. The minimum Gasteiger partial charge on any atom is -0.456 e. The summed E-state index contributed by atoms with van der Waals surface area (Å²) in [5.74, 6) is -0.891. The number of fused-ring (bicyclic) bond motifs is 5. The quantitative estimate of drug-likeness (QED) is 0.602. The molecule has 6 nitrogen and oxygen atoms in total. The number of ether oxygens (including phenoxy) is 1. The second kappa shape index (κ2) is 7.47. The molecule has 0 saturated heterocycles. The van der Waals surface area contributed by atoms with E-state index in [1.165, 1.54) is 12.2 Å². The molecule has 4 aliphatic carbocycles. The van der Waals surface area contributed by atoms with E-state index < -0.39 is 23.2 Å². The van der Waals surface area contributed by atoms with Gasteiger partial charge in [0.25, 0.3) is 0 Å². The molecule has 2 saturated carbocycles. The standard InChI is InChI=1S/C28H36O6/c1-14-12-23(34-25(32)15(14)2)28(5,33)21-8-6-16-24-17(10-11-26(16,21)3)27(4)18(13-20(24)30)19(29)7-9-22(27)31/h7,9,13,16-17,20-21,23-24,30,33H,6,8,10-12H2,1-5H3/t16-,17-,20+,21-,23+,24-,26-,27-,28+/m0/s1. The molecule has 1 aliphatic heterocycles. The Balaban J connectivity index is 1.49. The number of esters is 1. The monoisotopic (exact) mass is 468 g/mol. The van der Waals surface area contributed by atoms with Gasteiger partial charge in [-0.2, -0.15) is 0 Å². The van der Waals surface area contributed by atoms with E-state index in [4.69, 9.17) is 4.74 Å². The molecule has 0 amide bonds. The molecule has 5 rings (SSSR count). The molecule has 0 unspecified atom stereocenters. The van der Waals surface area contributed by atoms with Crippen molar-refractivity contribution in [2.45, 2.75) is 84.5 Å². The van der Waals surface area contributed by atoms with Crippen molar-refractivity contribution in [1.29, 1.82) is 0 Å². The lowest BCUT2D eigenvalue weighted by atomic mass is 9.46. The van der Waals surface area contributed by atoms with Crippen LogP contribution in [0.4, 0.5) is 0 Å². The lowest BCUT2D eigenvalue weighted by Gasteiger charge is -2.58. The Labute approximate surface area is 201 Å². The Morgan fingerprint density at radius 1 is 1.06 bits per heavy atom. The Morgan fingerprint density at radius 2 is 1.76 bits per heavy atom. The molecule has 2 N–H and O–H groups in total. The fraction of sp³-hybridized carbons (Fsp3) is 0.679. The highest BCUT2D eigenvalue weighted by Crippen LogP contribution is 2.67. The van der Waals surface area contributed by atoms with Crippen molar-refractivity contribution in [3.8, 4) is 0 Å².